The molecule has 1 aliphatic heterocycles. The predicted molar refractivity (Wildman–Crippen MR) is 67.4 cm³/mol. The van der Waals surface area contributed by atoms with Gasteiger partial charge in [0.2, 0.25) is 0 Å². The Morgan fingerprint density at radius 3 is 2.53 bits per heavy atom. The van der Waals surface area contributed by atoms with E-state index in [2.05, 4.69) is 11.0 Å². The molecule has 1 N–H and O–H groups in total. The van der Waals surface area contributed by atoms with Gasteiger partial charge in [-0.1, -0.05) is 6.42 Å². The molecule has 0 aromatic heterocycles. The Morgan fingerprint density at radius 1 is 1.35 bits per heavy atom. The van der Waals surface area contributed by atoms with Crippen LogP contribution in [0.5, 0.6) is 0 Å². The van der Waals surface area contributed by atoms with Gasteiger partial charge in [-0.05, 0) is 52.0 Å². The third-order valence-electron chi connectivity index (χ3n) is 4.16. The van der Waals surface area contributed by atoms with Gasteiger partial charge in [0.1, 0.15) is 0 Å². The minimum absolute atomic E-state index is 0.177. The fourth-order valence-corrected chi connectivity index (χ4v) is 2.72. The van der Waals surface area contributed by atoms with E-state index < -0.39 is 0 Å². The average Bonchev–Trinajstić information content (AvgIpc) is 3.05. The van der Waals surface area contributed by atoms with Gasteiger partial charge in [0, 0.05) is 13.1 Å². The lowest BCUT2D eigenvalue weighted by atomic mass is 9.87. The van der Waals surface area contributed by atoms with Gasteiger partial charge in [-0.2, -0.15) is 5.26 Å². The summed E-state index contributed by atoms with van der Waals surface area (Å²) >= 11 is 0. The maximum atomic E-state index is 10.2. The molecule has 3 nitrogen and oxygen atoms in total. The normalized spacial score (nSPS) is 24.1. The van der Waals surface area contributed by atoms with Crippen LogP contribution < -0.4 is 0 Å². The molecule has 0 unspecified atom stereocenters. The molecule has 0 radical (unpaired) electrons. The molecule has 17 heavy (non-hydrogen) atoms. The quantitative estimate of drug-likeness (QED) is 0.719. The summed E-state index contributed by atoms with van der Waals surface area (Å²) in [7, 11) is 0. The fraction of sp³-hybridized carbons (Fsp3) is 0.929. The van der Waals surface area contributed by atoms with Gasteiger partial charge in [-0.3, -0.25) is 4.90 Å². The molecule has 1 aliphatic carbocycles. The molecule has 0 spiro atoms. The number of hydrogen-bond acceptors (Lipinski definition) is 3. The molecule has 0 bridgehead atoms. The average molecular weight is 236 g/mol. The molecule has 1 saturated heterocycles. The minimum Gasteiger partial charge on any atom is -0.387 e. The van der Waals surface area contributed by atoms with Crippen LogP contribution >= 0.6 is 0 Å². The summed E-state index contributed by atoms with van der Waals surface area (Å²) in [5.74, 6) is 0.594. The first kappa shape index (κ1) is 12.9. The van der Waals surface area contributed by atoms with E-state index in [1.807, 2.05) is 13.8 Å². The van der Waals surface area contributed by atoms with Crippen molar-refractivity contribution < 1.29 is 5.11 Å². The summed E-state index contributed by atoms with van der Waals surface area (Å²) in [5.41, 5.74) is -0.518. The number of nitriles is 1. The summed E-state index contributed by atoms with van der Waals surface area (Å²) in [4.78, 5) is 2.34. The fourth-order valence-electron chi connectivity index (χ4n) is 2.72. The highest BCUT2D eigenvalue weighted by atomic mass is 16.3. The second-order valence-corrected chi connectivity index (χ2v) is 6.54. The molecule has 0 aromatic carbocycles. The van der Waals surface area contributed by atoms with Crippen LogP contribution in [0.15, 0.2) is 0 Å². The van der Waals surface area contributed by atoms with Crippen LogP contribution in [0.25, 0.3) is 0 Å². The lowest BCUT2D eigenvalue weighted by Crippen LogP contribution is -2.63. The molecule has 0 atom stereocenters. The number of aliphatic hydroxyl groups is 1. The van der Waals surface area contributed by atoms with Crippen molar-refractivity contribution in [2.75, 3.05) is 19.6 Å². The highest BCUT2D eigenvalue weighted by molar-refractivity contribution is 5.05. The molecule has 0 amide bonds. The van der Waals surface area contributed by atoms with Crippen molar-refractivity contribution in [1.29, 1.82) is 5.26 Å². The maximum Gasteiger partial charge on any atom is 0.0928 e. The molecule has 2 rings (SSSR count). The molecule has 0 aromatic rings. The van der Waals surface area contributed by atoms with Crippen molar-refractivity contribution in [3.05, 3.63) is 0 Å². The van der Waals surface area contributed by atoms with Gasteiger partial charge in [0.05, 0.1) is 17.1 Å². The standard InChI is InChI=1S/C14H24N2O/c1-13(2,9-15)7-3-4-8-16-10-14(17,11-16)12-5-6-12/h12,17H,3-8,10-11H2,1-2H3. The largest absolute Gasteiger partial charge is 0.387 e. The second kappa shape index (κ2) is 4.59. The summed E-state index contributed by atoms with van der Waals surface area (Å²) in [6.45, 7) is 6.83. The molecule has 1 saturated carbocycles. The van der Waals surface area contributed by atoms with E-state index in [0.717, 1.165) is 38.9 Å². The number of rotatable bonds is 6. The van der Waals surface area contributed by atoms with Crippen molar-refractivity contribution >= 4 is 0 Å². The van der Waals surface area contributed by atoms with E-state index in [-0.39, 0.29) is 11.0 Å². The van der Waals surface area contributed by atoms with Crippen LogP contribution in [0.2, 0.25) is 0 Å². The van der Waals surface area contributed by atoms with Crippen molar-refractivity contribution in [2.45, 2.75) is 51.6 Å². The summed E-state index contributed by atoms with van der Waals surface area (Å²) < 4.78 is 0. The van der Waals surface area contributed by atoms with Crippen LogP contribution in [-0.2, 0) is 0 Å². The van der Waals surface area contributed by atoms with E-state index in [0.29, 0.717) is 5.92 Å². The number of hydrogen-bond donors (Lipinski definition) is 1. The Hall–Kier alpha value is -0.590. The van der Waals surface area contributed by atoms with Gasteiger partial charge >= 0.3 is 0 Å². The van der Waals surface area contributed by atoms with Crippen LogP contribution in [0.4, 0.5) is 0 Å². The number of β-amino-alcohol motifs (C(OH)–C–C–N with tert-alkyl or cyclic N) is 1. The zero-order valence-corrected chi connectivity index (χ0v) is 11.1. The van der Waals surface area contributed by atoms with Gasteiger partial charge in [0.25, 0.3) is 0 Å². The van der Waals surface area contributed by atoms with E-state index in [1.165, 1.54) is 12.8 Å². The van der Waals surface area contributed by atoms with Crippen LogP contribution in [-0.4, -0.2) is 35.2 Å². The van der Waals surface area contributed by atoms with E-state index >= 15 is 0 Å². The predicted octanol–water partition coefficient (Wildman–Crippen LogP) is 2.16. The molecular weight excluding hydrogens is 212 g/mol. The number of unbranched alkanes of at least 4 members (excludes halogenated alkanes) is 1. The Balaban J connectivity index is 1.55. The van der Waals surface area contributed by atoms with E-state index in [9.17, 15) is 5.11 Å². The number of nitrogens with zero attached hydrogens (tertiary/aromatic N) is 2. The second-order valence-electron chi connectivity index (χ2n) is 6.54. The summed E-state index contributed by atoms with van der Waals surface area (Å²) in [6.07, 6.45) is 5.68. The lowest BCUT2D eigenvalue weighted by molar-refractivity contribution is -0.113. The van der Waals surface area contributed by atoms with Crippen LogP contribution in [0.1, 0.15) is 46.0 Å². The smallest absolute Gasteiger partial charge is 0.0928 e. The molecule has 3 heteroatoms. The SMILES string of the molecule is CC(C)(C#N)CCCCN1CC(O)(C2CC2)C1. The first-order chi connectivity index (χ1) is 7.95. The van der Waals surface area contributed by atoms with Crippen LogP contribution in [0.3, 0.4) is 0 Å². The Bertz CT molecular complexity index is 309. The minimum atomic E-state index is -0.341. The molecule has 2 aliphatic rings. The Morgan fingerprint density at radius 2 is 2.00 bits per heavy atom. The third-order valence-corrected chi connectivity index (χ3v) is 4.16. The monoisotopic (exact) mass is 236 g/mol. The lowest BCUT2D eigenvalue weighted by Gasteiger charge is -2.47. The van der Waals surface area contributed by atoms with Crippen molar-refractivity contribution in [2.24, 2.45) is 11.3 Å². The first-order valence-corrected chi connectivity index (χ1v) is 6.81. The highest BCUT2D eigenvalue weighted by Gasteiger charge is 2.51. The molecule has 2 fully saturated rings. The Kier molecular flexibility index (Phi) is 3.47. The number of likely N-dealkylation sites (tertiary alicyclic amines) is 1. The van der Waals surface area contributed by atoms with Gasteiger partial charge < -0.3 is 5.11 Å². The van der Waals surface area contributed by atoms with Gasteiger partial charge in [0.15, 0.2) is 0 Å². The van der Waals surface area contributed by atoms with Crippen molar-refractivity contribution in [1.82, 2.24) is 4.90 Å². The zero-order chi connectivity index (χ0) is 12.5. The zero-order valence-electron chi connectivity index (χ0n) is 11.1. The van der Waals surface area contributed by atoms with Gasteiger partial charge in [-0.15, -0.1) is 0 Å². The van der Waals surface area contributed by atoms with Crippen molar-refractivity contribution in [3.8, 4) is 6.07 Å². The topological polar surface area (TPSA) is 47.3 Å². The maximum absolute atomic E-state index is 10.2. The van der Waals surface area contributed by atoms with Gasteiger partial charge in [-0.25, -0.2) is 0 Å². The van der Waals surface area contributed by atoms with E-state index in [4.69, 9.17) is 5.26 Å². The molecular formula is C14H24N2O. The third kappa shape index (κ3) is 3.20. The van der Waals surface area contributed by atoms with Crippen molar-refractivity contribution in [3.63, 3.8) is 0 Å². The highest BCUT2D eigenvalue weighted by Crippen LogP contribution is 2.44. The molecule has 1 heterocycles. The van der Waals surface area contributed by atoms with Crippen LogP contribution in [0, 0.1) is 22.7 Å². The van der Waals surface area contributed by atoms with E-state index in [1.54, 1.807) is 0 Å². The summed E-state index contributed by atoms with van der Waals surface area (Å²) in [6, 6.07) is 2.34. The summed E-state index contributed by atoms with van der Waals surface area (Å²) in [5, 5.41) is 19.1. The first-order valence-electron chi connectivity index (χ1n) is 6.81. The Labute approximate surface area is 104 Å². The molecule has 96 valence electrons.